The lowest BCUT2D eigenvalue weighted by molar-refractivity contribution is -0.119. The van der Waals surface area contributed by atoms with Gasteiger partial charge in [-0.25, -0.2) is 4.39 Å². The Morgan fingerprint density at radius 2 is 1.90 bits per heavy atom. The molecule has 4 nitrogen and oxygen atoms in total. The third-order valence-corrected chi connectivity index (χ3v) is 3.47. The van der Waals surface area contributed by atoms with Gasteiger partial charge in [-0.15, -0.1) is 0 Å². The average molecular weight is 283 g/mol. The van der Waals surface area contributed by atoms with Crippen LogP contribution in [0, 0.1) is 5.82 Å². The second kappa shape index (κ2) is 5.10. The van der Waals surface area contributed by atoms with Gasteiger partial charge in [0.05, 0.1) is 11.4 Å². The number of hydrogen-bond donors (Lipinski definition) is 1. The first kappa shape index (κ1) is 13.5. The number of benzodiazepines with no additional fused rings is 1. The second-order valence-electron chi connectivity index (χ2n) is 4.85. The molecule has 2 aromatic carbocycles. The van der Waals surface area contributed by atoms with E-state index in [1.807, 2.05) is 30.3 Å². The molecule has 0 spiro atoms. The zero-order chi connectivity index (χ0) is 15.0. The summed E-state index contributed by atoms with van der Waals surface area (Å²) in [4.78, 5) is 17.9. The number of carbonyl (C=O) groups is 1. The normalized spacial score (nSPS) is 18.0. The van der Waals surface area contributed by atoms with E-state index in [-0.39, 0.29) is 11.7 Å². The number of hydrogen-bond acceptors (Lipinski definition) is 3. The van der Waals surface area contributed by atoms with Gasteiger partial charge >= 0.3 is 0 Å². The van der Waals surface area contributed by atoms with Gasteiger partial charge in [0, 0.05) is 18.2 Å². The van der Waals surface area contributed by atoms with Crippen LogP contribution in [-0.4, -0.2) is 24.8 Å². The van der Waals surface area contributed by atoms with E-state index in [0.29, 0.717) is 17.0 Å². The number of aliphatic imine (C=N–C) groups is 1. The largest absolute Gasteiger partial charge is 0.312 e. The number of nitrogens with zero attached hydrogens (tertiary/aromatic N) is 2. The quantitative estimate of drug-likeness (QED) is 0.869. The number of fused-ring (bicyclic) bond motifs is 1. The molecule has 0 saturated carbocycles. The third kappa shape index (κ3) is 2.32. The maximum Gasteiger partial charge on any atom is 0.266 e. The molecule has 2 N–H and O–H groups in total. The predicted molar refractivity (Wildman–Crippen MR) is 79.9 cm³/mol. The number of benzene rings is 2. The molecule has 1 amide bonds. The van der Waals surface area contributed by atoms with E-state index < -0.39 is 6.17 Å². The van der Waals surface area contributed by atoms with Crippen molar-refractivity contribution in [2.75, 3.05) is 11.9 Å². The summed E-state index contributed by atoms with van der Waals surface area (Å²) < 4.78 is 13.6. The topological polar surface area (TPSA) is 58.7 Å². The van der Waals surface area contributed by atoms with Gasteiger partial charge in [0.25, 0.3) is 5.91 Å². The van der Waals surface area contributed by atoms with Crippen molar-refractivity contribution in [3.05, 3.63) is 65.5 Å². The maximum absolute atomic E-state index is 13.6. The number of carbonyl (C=O) groups excluding carboxylic acids is 1. The van der Waals surface area contributed by atoms with Crippen LogP contribution in [0.25, 0.3) is 0 Å². The maximum atomic E-state index is 13.6. The highest BCUT2D eigenvalue weighted by Crippen LogP contribution is 2.27. The minimum absolute atomic E-state index is 0.325. The lowest BCUT2D eigenvalue weighted by Crippen LogP contribution is -2.39. The summed E-state index contributed by atoms with van der Waals surface area (Å²) in [7, 11) is 1.61. The standard InChI is InChI=1S/C16H14FN3O/c1-20-13-8-7-11(17)9-12(13)14(19-15(18)16(20)21)10-5-3-2-4-6-10/h2-9,15H,18H2,1H3. The molecule has 0 bridgehead atoms. The van der Waals surface area contributed by atoms with Crippen LogP contribution in [0.15, 0.2) is 53.5 Å². The van der Waals surface area contributed by atoms with E-state index in [1.165, 1.54) is 17.0 Å². The Labute approximate surface area is 121 Å². The van der Waals surface area contributed by atoms with Crippen LogP contribution in [0.4, 0.5) is 10.1 Å². The first-order valence-electron chi connectivity index (χ1n) is 6.54. The Kier molecular flexibility index (Phi) is 3.27. The van der Waals surface area contributed by atoms with Crippen molar-refractivity contribution in [2.45, 2.75) is 6.17 Å². The fourth-order valence-electron chi connectivity index (χ4n) is 2.40. The Morgan fingerprint density at radius 1 is 1.19 bits per heavy atom. The molecule has 1 heterocycles. The summed E-state index contributed by atoms with van der Waals surface area (Å²) in [6.07, 6.45) is -0.999. The Morgan fingerprint density at radius 3 is 2.62 bits per heavy atom. The summed E-state index contributed by atoms with van der Waals surface area (Å²) in [5.41, 5.74) is 8.31. The molecule has 1 unspecified atom stereocenters. The number of nitrogens with two attached hydrogens (primary N) is 1. The third-order valence-electron chi connectivity index (χ3n) is 3.47. The molecule has 2 aromatic rings. The Bertz CT molecular complexity index is 728. The van der Waals surface area contributed by atoms with E-state index in [4.69, 9.17) is 5.73 Å². The molecule has 0 fully saturated rings. The van der Waals surface area contributed by atoms with Crippen LogP contribution in [-0.2, 0) is 4.79 Å². The SMILES string of the molecule is CN1C(=O)C(N)N=C(c2ccccc2)c2cc(F)ccc21. The van der Waals surface area contributed by atoms with E-state index in [2.05, 4.69) is 4.99 Å². The Hall–Kier alpha value is -2.53. The fourth-order valence-corrected chi connectivity index (χ4v) is 2.40. The molecular formula is C16H14FN3O. The summed E-state index contributed by atoms with van der Waals surface area (Å²) in [6.45, 7) is 0. The summed E-state index contributed by atoms with van der Waals surface area (Å²) in [5, 5.41) is 0. The molecule has 1 atom stereocenters. The molecule has 0 aliphatic carbocycles. The zero-order valence-electron chi connectivity index (χ0n) is 11.5. The lowest BCUT2D eigenvalue weighted by Gasteiger charge is -2.18. The van der Waals surface area contributed by atoms with Crippen LogP contribution in [0.3, 0.4) is 0 Å². The van der Waals surface area contributed by atoms with Gasteiger partial charge in [-0.2, -0.15) is 0 Å². The second-order valence-corrected chi connectivity index (χ2v) is 4.85. The minimum atomic E-state index is -0.999. The van der Waals surface area contributed by atoms with E-state index >= 15 is 0 Å². The average Bonchev–Trinajstić information content (AvgIpc) is 2.59. The van der Waals surface area contributed by atoms with Crippen molar-refractivity contribution in [1.82, 2.24) is 0 Å². The number of amides is 1. The molecular weight excluding hydrogens is 269 g/mol. The molecule has 106 valence electrons. The number of rotatable bonds is 1. The highest BCUT2D eigenvalue weighted by molar-refractivity contribution is 6.19. The summed E-state index contributed by atoms with van der Waals surface area (Å²) in [6, 6.07) is 13.6. The zero-order valence-corrected chi connectivity index (χ0v) is 11.5. The fraction of sp³-hybridized carbons (Fsp3) is 0.125. The van der Waals surface area contributed by atoms with Crippen LogP contribution < -0.4 is 10.6 Å². The molecule has 0 radical (unpaired) electrons. The van der Waals surface area contributed by atoms with Crippen LogP contribution in [0.5, 0.6) is 0 Å². The van der Waals surface area contributed by atoms with Crippen molar-refractivity contribution < 1.29 is 9.18 Å². The number of anilines is 1. The monoisotopic (exact) mass is 283 g/mol. The van der Waals surface area contributed by atoms with Crippen LogP contribution in [0.2, 0.25) is 0 Å². The molecule has 3 rings (SSSR count). The number of likely N-dealkylation sites (N-methyl/N-ethyl adjacent to an activating group) is 1. The van der Waals surface area contributed by atoms with Gasteiger partial charge < -0.3 is 10.6 Å². The molecule has 1 aliphatic rings. The molecule has 1 aliphatic heterocycles. The van der Waals surface area contributed by atoms with Gasteiger partial charge in [0.1, 0.15) is 5.82 Å². The van der Waals surface area contributed by atoms with Crippen molar-refractivity contribution in [2.24, 2.45) is 10.7 Å². The highest BCUT2D eigenvalue weighted by atomic mass is 19.1. The molecule has 5 heteroatoms. The van der Waals surface area contributed by atoms with E-state index in [0.717, 1.165) is 5.56 Å². The van der Waals surface area contributed by atoms with Crippen molar-refractivity contribution in [1.29, 1.82) is 0 Å². The minimum Gasteiger partial charge on any atom is -0.312 e. The number of halogens is 1. The molecule has 0 saturated heterocycles. The Balaban J connectivity index is 2.27. The van der Waals surface area contributed by atoms with Gasteiger partial charge in [-0.05, 0) is 18.2 Å². The molecule has 21 heavy (non-hydrogen) atoms. The van der Waals surface area contributed by atoms with Crippen LogP contribution >= 0.6 is 0 Å². The van der Waals surface area contributed by atoms with Gasteiger partial charge in [0.2, 0.25) is 0 Å². The van der Waals surface area contributed by atoms with Gasteiger partial charge in [0.15, 0.2) is 6.17 Å². The van der Waals surface area contributed by atoms with E-state index in [9.17, 15) is 9.18 Å². The van der Waals surface area contributed by atoms with Crippen molar-refractivity contribution in [3.8, 4) is 0 Å². The van der Waals surface area contributed by atoms with Crippen molar-refractivity contribution in [3.63, 3.8) is 0 Å². The van der Waals surface area contributed by atoms with Gasteiger partial charge in [-0.3, -0.25) is 9.79 Å². The molecule has 0 aromatic heterocycles. The van der Waals surface area contributed by atoms with Crippen LogP contribution in [0.1, 0.15) is 11.1 Å². The highest BCUT2D eigenvalue weighted by Gasteiger charge is 2.27. The predicted octanol–water partition coefficient (Wildman–Crippen LogP) is 1.92. The summed E-state index contributed by atoms with van der Waals surface area (Å²) in [5.74, 6) is -0.706. The smallest absolute Gasteiger partial charge is 0.266 e. The lowest BCUT2D eigenvalue weighted by atomic mass is 10.00. The van der Waals surface area contributed by atoms with Gasteiger partial charge in [-0.1, -0.05) is 30.3 Å². The van der Waals surface area contributed by atoms with Crippen molar-refractivity contribution >= 4 is 17.3 Å². The van der Waals surface area contributed by atoms with E-state index in [1.54, 1.807) is 13.1 Å². The first-order chi connectivity index (χ1) is 10.1. The summed E-state index contributed by atoms with van der Waals surface area (Å²) >= 11 is 0. The first-order valence-corrected chi connectivity index (χ1v) is 6.54.